The van der Waals surface area contributed by atoms with Crippen LogP contribution in [0.15, 0.2) is 72.8 Å². The van der Waals surface area contributed by atoms with Crippen LogP contribution in [0.2, 0.25) is 0 Å². The van der Waals surface area contributed by atoms with Crippen molar-refractivity contribution in [1.29, 1.82) is 0 Å². The maximum Gasteiger partial charge on any atom is 0.269 e. The molecule has 3 aromatic rings. The third-order valence-corrected chi connectivity index (χ3v) is 6.43. The zero-order valence-electron chi connectivity index (χ0n) is 20.5. The van der Waals surface area contributed by atoms with Crippen LogP contribution in [-0.4, -0.2) is 24.9 Å². The molecular weight excluding hydrogens is 436 g/mol. The van der Waals surface area contributed by atoms with Gasteiger partial charge in [-0.2, -0.15) is 0 Å². The van der Waals surface area contributed by atoms with Crippen molar-refractivity contribution < 1.29 is 9.59 Å². The Kier molecular flexibility index (Phi) is 8.03. The van der Waals surface area contributed by atoms with E-state index >= 15 is 0 Å². The average molecular weight is 471 g/mol. The molecule has 2 amide bonds. The number of piperidine rings is 1. The maximum atomic E-state index is 12.8. The quantitative estimate of drug-likeness (QED) is 0.398. The van der Waals surface area contributed by atoms with E-state index in [1.807, 2.05) is 56.3 Å². The van der Waals surface area contributed by atoms with Crippen molar-refractivity contribution in [3.05, 3.63) is 95.1 Å². The first-order valence-corrected chi connectivity index (χ1v) is 12.3. The molecule has 1 aliphatic rings. The van der Waals surface area contributed by atoms with E-state index in [9.17, 15) is 9.59 Å². The number of aryl methyl sites for hydroxylation is 1. The second-order valence-electron chi connectivity index (χ2n) is 9.21. The molecule has 1 saturated heterocycles. The highest BCUT2D eigenvalue weighted by Gasteiger charge is 2.19. The largest absolute Gasteiger partial charge is 0.371 e. The number of hydrogen-bond acceptors (Lipinski definition) is 4. The highest BCUT2D eigenvalue weighted by Crippen LogP contribution is 2.28. The molecule has 0 radical (unpaired) electrons. The number of nitrogens with zero attached hydrogens (tertiary/aromatic N) is 1. The van der Waals surface area contributed by atoms with E-state index in [1.54, 1.807) is 12.1 Å². The fourth-order valence-electron chi connectivity index (χ4n) is 4.44. The van der Waals surface area contributed by atoms with Gasteiger partial charge in [-0.15, -0.1) is 0 Å². The van der Waals surface area contributed by atoms with Gasteiger partial charge in [-0.05, 0) is 74.6 Å². The van der Waals surface area contributed by atoms with E-state index in [4.69, 9.17) is 0 Å². The molecule has 0 aromatic heterocycles. The van der Waals surface area contributed by atoms with E-state index in [0.717, 1.165) is 35.5 Å². The molecule has 1 fully saturated rings. The fourth-order valence-corrected chi connectivity index (χ4v) is 4.44. The smallest absolute Gasteiger partial charge is 0.269 e. The SMILES string of the molecule is Cc1ccc(NNC(=O)c2ccc(CC(=O)NC(C)c3ccccc3N3CCCCC3)cc2)cc1. The predicted octanol–water partition coefficient (Wildman–Crippen LogP) is 5.16. The van der Waals surface area contributed by atoms with Gasteiger partial charge in [0.25, 0.3) is 5.91 Å². The molecule has 0 saturated carbocycles. The van der Waals surface area contributed by atoms with Crippen molar-refractivity contribution in [3.63, 3.8) is 0 Å². The second-order valence-corrected chi connectivity index (χ2v) is 9.21. The first-order valence-electron chi connectivity index (χ1n) is 12.3. The van der Waals surface area contributed by atoms with Crippen LogP contribution >= 0.6 is 0 Å². The standard InChI is InChI=1S/C29H34N4O2/c1-21-10-16-25(17-11-21)31-32-29(35)24-14-12-23(13-15-24)20-28(34)30-22(2)26-8-4-5-9-27(26)33-18-6-3-7-19-33/h4-5,8-17,22,31H,3,6-7,18-20H2,1-2H3,(H,30,34)(H,32,35). The summed E-state index contributed by atoms with van der Waals surface area (Å²) >= 11 is 0. The van der Waals surface area contributed by atoms with Crippen LogP contribution in [0.5, 0.6) is 0 Å². The van der Waals surface area contributed by atoms with Crippen molar-refractivity contribution in [1.82, 2.24) is 10.7 Å². The normalized spacial score (nSPS) is 14.2. The minimum absolute atomic E-state index is 0.0378. The summed E-state index contributed by atoms with van der Waals surface area (Å²) in [5.74, 6) is -0.270. The molecule has 35 heavy (non-hydrogen) atoms. The molecule has 3 aromatic carbocycles. The minimum Gasteiger partial charge on any atom is -0.371 e. The van der Waals surface area contributed by atoms with E-state index < -0.39 is 0 Å². The van der Waals surface area contributed by atoms with Gasteiger partial charge in [0.2, 0.25) is 5.91 Å². The Labute approximate surface area is 207 Å². The topological polar surface area (TPSA) is 73.5 Å². The van der Waals surface area contributed by atoms with Gasteiger partial charge in [-0.25, -0.2) is 0 Å². The van der Waals surface area contributed by atoms with Crippen molar-refractivity contribution in [2.75, 3.05) is 23.4 Å². The molecule has 1 unspecified atom stereocenters. The summed E-state index contributed by atoms with van der Waals surface area (Å²) in [5, 5.41) is 3.15. The van der Waals surface area contributed by atoms with Gasteiger partial charge >= 0.3 is 0 Å². The molecule has 6 nitrogen and oxygen atoms in total. The summed E-state index contributed by atoms with van der Waals surface area (Å²) < 4.78 is 0. The monoisotopic (exact) mass is 470 g/mol. The molecule has 1 heterocycles. The second kappa shape index (κ2) is 11.6. The zero-order valence-corrected chi connectivity index (χ0v) is 20.5. The number of carbonyl (C=O) groups excluding carboxylic acids is 2. The number of nitrogens with one attached hydrogen (secondary N) is 3. The van der Waals surface area contributed by atoms with Crippen LogP contribution in [0.4, 0.5) is 11.4 Å². The number of amides is 2. The minimum atomic E-state index is -0.232. The highest BCUT2D eigenvalue weighted by molar-refractivity contribution is 5.95. The first kappa shape index (κ1) is 24.3. The van der Waals surface area contributed by atoms with Crippen LogP contribution < -0.4 is 21.1 Å². The van der Waals surface area contributed by atoms with Gasteiger partial charge in [-0.1, -0.05) is 48.0 Å². The number of hydrazine groups is 1. The van der Waals surface area contributed by atoms with Crippen LogP contribution in [0.1, 0.15) is 59.3 Å². The van der Waals surface area contributed by atoms with Gasteiger partial charge in [-0.3, -0.25) is 20.4 Å². The summed E-state index contributed by atoms with van der Waals surface area (Å²) in [6.07, 6.45) is 3.98. The lowest BCUT2D eigenvalue weighted by atomic mass is 10.0. The molecule has 0 spiro atoms. The van der Waals surface area contributed by atoms with Gasteiger partial charge in [0.05, 0.1) is 18.2 Å². The van der Waals surface area contributed by atoms with Crippen LogP contribution in [0, 0.1) is 6.92 Å². The molecule has 182 valence electrons. The molecule has 1 aliphatic heterocycles. The van der Waals surface area contributed by atoms with Gasteiger partial charge in [0.1, 0.15) is 0 Å². The number of para-hydroxylation sites is 1. The molecule has 3 N–H and O–H groups in total. The molecule has 6 heteroatoms. The fraction of sp³-hybridized carbons (Fsp3) is 0.310. The lowest BCUT2D eigenvalue weighted by Crippen LogP contribution is -2.33. The number of rotatable bonds is 8. The van der Waals surface area contributed by atoms with Crippen LogP contribution in [0.3, 0.4) is 0 Å². The van der Waals surface area contributed by atoms with Crippen molar-refractivity contribution >= 4 is 23.2 Å². The maximum absolute atomic E-state index is 12.8. The van der Waals surface area contributed by atoms with Crippen LogP contribution in [-0.2, 0) is 11.2 Å². The Balaban J connectivity index is 1.31. The Morgan fingerprint density at radius 3 is 2.29 bits per heavy atom. The zero-order chi connectivity index (χ0) is 24.6. The molecular formula is C29H34N4O2. The Hall–Kier alpha value is -3.80. The van der Waals surface area contributed by atoms with E-state index in [2.05, 4.69) is 39.3 Å². The highest BCUT2D eigenvalue weighted by atomic mass is 16.2. The first-order chi connectivity index (χ1) is 17.0. The van der Waals surface area contributed by atoms with Gasteiger partial charge in [0, 0.05) is 24.3 Å². The Morgan fingerprint density at radius 1 is 0.886 bits per heavy atom. The summed E-state index contributed by atoms with van der Waals surface area (Å²) in [6.45, 7) is 6.19. The van der Waals surface area contributed by atoms with Crippen molar-refractivity contribution in [3.8, 4) is 0 Å². The number of hydrogen-bond donors (Lipinski definition) is 3. The van der Waals surface area contributed by atoms with Gasteiger partial charge < -0.3 is 10.2 Å². The lowest BCUT2D eigenvalue weighted by molar-refractivity contribution is -0.121. The van der Waals surface area contributed by atoms with Crippen molar-refractivity contribution in [2.45, 2.75) is 45.6 Å². The van der Waals surface area contributed by atoms with Gasteiger partial charge in [0.15, 0.2) is 0 Å². The molecule has 4 rings (SSSR count). The van der Waals surface area contributed by atoms with Crippen molar-refractivity contribution in [2.24, 2.45) is 0 Å². The van der Waals surface area contributed by atoms with E-state index in [0.29, 0.717) is 5.56 Å². The summed E-state index contributed by atoms with van der Waals surface area (Å²) in [4.78, 5) is 27.6. The van der Waals surface area contributed by atoms with E-state index in [-0.39, 0.29) is 24.3 Å². The lowest BCUT2D eigenvalue weighted by Gasteiger charge is -2.32. The molecule has 0 bridgehead atoms. The number of carbonyl (C=O) groups is 2. The summed E-state index contributed by atoms with van der Waals surface area (Å²) in [5.41, 5.74) is 11.3. The molecule has 1 atom stereocenters. The Morgan fingerprint density at radius 2 is 1.57 bits per heavy atom. The third kappa shape index (κ3) is 6.63. The Bertz CT molecular complexity index is 1140. The predicted molar refractivity (Wildman–Crippen MR) is 141 cm³/mol. The number of anilines is 2. The summed E-state index contributed by atoms with van der Waals surface area (Å²) in [6, 6.07) is 23.2. The van der Waals surface area contributed by atoms with Crippen LogP contribution in [0.25, 0.3) is 0 Å². The average Bonchev–Trinajstić information content (AvgIpc) is 2.89. The number of benzene rings is 3. The third-order valence-electron chi connectivity index (χ3n) is 6.43. The summed E-state index contributed by atoms with van der Waals surface area (Å²) in [7, 11) is 0. The molecule has 0 aliphatic carbocycles. The van der Waals surface area contributed by atoms with E-state index in [1.165, 1.54) is 24.9 Å².